The smallest absolute Gasteiger partial charge is 0.0468 e. The molecule has 268 valence electrons. The standard InChI is InChI=1S/C56H39N/c1-4-15-40(16-5-1)46-22-14-23-47(37-46)53-26-13-12-24-51(53)44-29-32-48(33-30-44)57(49-34-31-45-28-27-43-21-10-11-25-52(43)56(45)38-49)50-35-36-54(41-17-6-2-7-18-41)55(39-50)42-19-8-3-9-20-42/h1-39H. The van der Waals surface area contributed by atoms with Crippen LogP contribution in [0.2, 0.25) is 0 Å². The summed E-state index contributed by atoms with van der Waals surface area (Å²) in [6.45, 7) is 0. The summed E-state index contributed by atoms with van der Waals surface area (Å²) < 4.78 is 0. The fourth-order valence-corrected chi connectivity index (χ4v) is 8.25. The van der Waals surface area contributed by atoms with Crippen molar-refractivity contribution >= 4 is 38.6 Å². The van der Waals surface area contributed by atoms with Gasteiger partial charge in [0.25, 0.3) is 0 Å². The minimum atomic E-state index is 1.09. The Morgan fingerprint density at radius 2 is 0.667 bits per heavy atom. The molecule has 10 aromatic rings. The highest BCUT2D eigenvalue weighted by atomic mass is 15.1. The van der Waals surface area contributed by atoms with E-state index in [-0.39, 0.29) is 0 Å². The van der Waals surface area contributed by atoms with Gasteiger partial charge in [0.2, 0.25) is 0 Å². The van der Waals surface area contributed by atoms with E-state index in [0.29, 0.717) is 0 Å². The van der Waals surface area contributed by atoms with Gasteiger partial charge in [0.05, 0.1) is 0 Å². The topological polar surface area (TPSA) is 3.24 Å². The summed E-state index contributed by atoms with van der Waals surface area (Å²) in [6, 6.07) is 85.7. The minimum absolute atomic E-state index is 1.09. The van der Waals surface area contributed by atoms with Crippen molar-refractivity contribution in [2.75, 3.05) is 4.90 Å². The second-order valence-corrected chi connectivity index (χ2v) is 14.5. The zero-order chi connectivity index (χ0) is 38.0. The Bertz CT molecular complexity index is 2990. The highest BCUT2D eigenvalue weighted by Gasteiger charge is 2.18. The molecule has 1 nitrogen and oxygen atoms in total. The molecule has 0 saturated carbocycles. The summed E-state index contributed by atoms with van der Waals surface area (Å²) in [5, 5.41) is 4.96. The van der Waals surface area contributed by atoms with E-state index in [1.165, 1.54) is 77.2 Å². The van der Waals surface area contributed by atoms with Gasteiger partial charge < -0.3 is 4.90 Å². The average molecular weight is 726 g/mol. The molecule has 0 spiro atoms. The van der Waals surface area contributed by atoms with Gasteiger partial charge in [-0.2, -0.15) is 0 Å². The van der Waals surface area contributed by atoms with E-state index in [1.807, 2.05) is 0 Å². The van der Waals surface area contributed by atoms with Crippen LogP contribution in [-0.4, -0.2) is 0 Å². The predicted octanol–water partition coefficient (Wildman–Crippen LogP) is 15.8. The number of hydrogen-bond acceptors (Lipinski definition) is 1. The highest BCUT2D eigenvalue weighted by Crippen LogP contribution is 2.43. The number of benzene rings is 10. The van der Waals surface area contributed by atoms with Crippen molar-refractivity contribution in [3.63, 3.8) is 0 Å². The summed E-state index contributed by atoms with van der Waals surface area (Å²) in [5.41, 5.74) is 15.3. The molecule has 0 fully saturated rings. The number of hydrogen-bond donors (Lipinski definition) is 0. The molecule has 0 bridgehead atoms. The van der Waals surface area contributed by atoms with Crippen LogP contribution in [0.1, 0.15) is 0 Å². The number of nitrogens with zero attached hydrogens (tertiary/aromatic N) is 1. The van der Waals surface area contributed by atoms with Crippen LogP contribution in [0, 0.1) is 0 Å². The quantitative estimate of drug-likeness (QED) is 0.141. The van der Waals surface area contributed by atoms with Gasteiger partial charge in [0, 0.05) is 17.1 Å². The van der Waals surface area contributed by atoms with Gasteiger partial charge in [-0.25, -0.2) is 0 Å². The second-order valence-electron chi connectivity index (χ2n) is 14.5. The van der Waals surface area contributed by atoms with Gasteiger partial charge in [0.15, 0.2) is 0 Å². The van der Waals surface area contributed by atoms with Crippen LogP contribution in [-0.2, 0) is 0 Å². The van der Waals surface area contributed by atoms with Gasteiger partial charge in [-0.3, -0.25) is 0 Å². The Hall–Kier alpha value is -7.48. The van der Waals surface area contributed by atoms with Crippen molar-refractivity contribution in [1.29, 1.82) is 0 Å². The molecule has 0 aromatic heterocycles. The Morgan fingerprint density at radius 3 is 1.39 bits per heavy atom. The van der Waals surface area contributed by atoms with E-state index in [9.17, 15) is 0 Å². The van der Waals surface area contributed by atoms with Crippen LogP contribution in [0.15, 0.2) is 237 Å². The molecule has 0 amide bonds. The molecule has 0 aliphatic carbocycles. The van der Waals surface area contributed by atoms with E-state index in [2.05, 4.69) is 241 Å². The SMILES string of the molecule is c1ccc(-c2cccc(-c3ccccc3-c3ccc(N(c4ccc(-c5ccccc5)c(-c5ccccc5)c4)c4ccc5ccc6ccccc6c5c4)cc3)c2)cc1. The largest absolute Gasteiger partial charge is 0.310 e. The number of fused-ring (bicyclic) bond motifs is 3. The van der Waals surface area contributed by atoms with Crippen LogP contribution >= 0.6 is 0 Å². The van der Waals surface area contributed by atoms with Crippen molar-refractivity contribution in [3.8, 4) is 55.6 Å². The second kappa shape index (κ2) is 15.0. The molecule has 0 aliphatic heterocycles. The van der Waals surface area contributed by atoms with Gasteiger partial charge >= 0.3 is 0 Å². The maximum Gasteiger partial charge on any atom is 0.0468 e. The molecule has 0 radical (unpaired) electrons. The van der Waals surface area contributed by atoms with Crippen LogP contribution in [0.5, 0.6) is 0 Å². The van der Waals surface area contributed by atoms with Gasteiger partial charge in [-0.1, -0.05) is 194 Å². The molecule has 10 rings (SSSR count). The van der Waals surface area contributed by atoms with E-state index in [0.717, 1.165) is 17.1 Å². The third kappa shape index (κ3) is 6.66. The fourth-order valence-electron chi connectivity index (χ4n) is 8.25. The first-order chi connectivity index (χ1) is 28.3. The molecule has 0 N–H and O–H groups in total. The molecule has 0 saturated heterocycles. The van der Waals surface area contributed by atoms with E-state index in [4.69, 9.17) is 0 Å². The summed E-state index contributed by atoms with van der Waals surface area (Å²) in [7, 11) is 0. The third-order valence-electron chi connectivity index (χ3n) is 11.1. The zero-order valence-corrected chi connectivity index (χ0v) is 31.5. The first kappa shape index (κ1) is 34.0. The Kier molecular flexibility index (Phi) is 8.95. The van der Waals surface area contributed by atoms with Crippen LogP contribution in [0.25, 0.3) is 77.2 Å². The third-order valence-corrected chi connectivity index (χ3v) is 11.1. The molecule has 0 aliphatic rings. The summed E-state index contributed by atoms with van der Waals surface area (Å²) in [4.78, 5) is 2.40. The van der Waals surface area contributed by atoms with E-state index in [1.54, 1.807) is 0 Å². The van der Waals surface area contributed by atoms with E-state index < -0.39 is 0 Å². The summed E-state index contributed by atoms with van der Waals surface area (Å²) in [6.07, 6.45) is 0. The molecular weight excluding hydrogens is 687 g/mol. The first-order valence-electron chi connectivity index (χ1n) is 19.6. The zero-order valence-electron chi connectivity index (χ0n) is 31.5. The molecule has 1 heteroatoms. The van der Waals surface area contributed by atoms with Crippen LogP contribution in [0.3, 0.4) is 0 Å². The lowest BCUT2D eigenvalue weighted by atomic mass is 9.92. The molecule has 0 unspecified atom stereocenters. The van der Waals surface area contributed by atoms with Crippen LogP contribution < -0.4 is 4.90 Å². The lowest BCUT2D eigenvalue weighted by Crippen LogP contribution is -2.10. The van der Waals surface area contributed by atoms with Gasteiger partial charge in [0.1, 0.15) is 0 Å². The lowest BCUT2D eigenvalue weighted by Gasteiger charge is -2.27. The Morgan fingerprint density at radius 1 is 0.211 bits per heavy atom. The van der Waals surface area contributed by atoms with Crippen LogP contribution in [0.4, 0.5) is 17.1 Å². The van der Waals surface area contributed by atoms with Crippen molar-refractivity contribution < 1.29 is 0 Å². The Labute approximate surface area is 334 Å². The average Bonchev–Trinajstić information content (AvgIpc) is 3.30. The van der Waals surface area contributed by atoms with Crippen molar-refractivity contribution in [3.05, 3.63) is 237 Å². The summed E-state index contributed by atoms with van der Waals surface area (Å²) in [5.74, 6) is 0. The molecule has 0 heterocycles. The normalized spacial score (nSPS) is 11.2. The Balaban J connectivity index is 1.12. The van der Waals surface area contributed by atoms with Crippen molar-refractivity contribution in [1.82, 2.24) is 0 Å². The minimum Gasteiger partial charge on any atom is -0.310 e. The maximum absolute atomic E-state index is 2.40. The monoisotopic (exact) mass is 725 g/mol. The molecule has 57 heavy (non-hydrogen) atoms. The van der Waals surface area contributed by atoms with Gasteiger partial charge in [-0.15, -0.1) is 0 Å². The number of rotatable bonds is 8. The van der Waals surface area contributed by atoms with Crippen molar-refractivity contribution in [2.24, 2.45) is 0 Å². The molecule has 10 aromatic carbocycles. The molecular formula is C56H39N. The summed E-state index contributed by atoms with van der Waals surface area (Å²) >= 11 is 0. The molecule has 0 atom stereocenters. The lowest BCUT2D eigenvalue weighted by molar-refractivity contribution is 1.29. The highest BCUT2D eigenvalue weighted by molar-refractivity contribution is 6.09. The predicted molar refractivity (Wildman–Crippen MR) is 243 cm³/mol. The van der Waals surface area contributed by atoms with Crippen molar-refractivity contribution in [2.45, 2.75) is 0 Å². The number of anilines is 3. The maximum atomic E-state index is 2.40. The first-order valence-corrected chi connectivity index (χ1v) is 19.6. The fraction of sp³-hybridized carbons (Fsp3) is 0. The van der Waals surface area contributed by atoms with E-state index >= 15 is 0 Å². The van der Waals surface area contributed by atoms with Gasteiger partial charge in [-0.05, 0) is 120 Å².